The molecule has 0 saturated carbocycles. The largest absolute Gasteiger partial charge is 0.307 e. The molecule has 1 saturated heterocycles. The van der Waals surface area contributed by atoms with E-state index in [0.717, 1.165) is 30.5 Å². The van der Waals surface area contributed by atoms with Crippen LogP contribution < -0.4 is 5.32 Å². The van der Waals surface area contributed by atoms with Gasteiger partial charge in [0, 0.05) is 5.56 Å². The summed E-state index contributed by atoms with van der Waals surface area (Å²) in [7, 11) is 0. The molecule has 16 heavy (non-hydrogen) atoms. The van der Waals surface area contributed by atoms with Crippen LogP contribution in [0, 0.1) is 20.8 Å². The number of rotatable bonds is 2. The van der Waals surface area contributed by atoms with Crippen molar-refractivity contribution >= 4 is 5.78 Å². The van der Waals surface area contributed by atoms with Crippen molar-refractivity contribution < 1.29 is 4.79 Å². The summed E-state index contributed by atoms with van der Waals surface area (Å²) >= 11 is 0. The Morgan fingerprint density at radius 1 is 1.19 bits per heavy atom. The molecule has 1 unspecified atom stereocenters. The zero-order valence-electron chi connectivity index (χ0n) is 10.3. The molecule has 1 aromatic rings. The number of hydrogen-bond acceptors (Lipinski definition) is 2. The Labute approximate surface area is 97.1 Å². The van der Waals surface area contributed by atoms with E-state index in [0.29, 0.717) is 0 Å². The first-order valence-electron chi connectivity index (χ1n) is 5.95. The molecular weight excluding hydrogens is 198 g/mol. The van der Waals surface area contributed by atoms with Crippen molar-refractivity contribution in [3.63, 3.8) is 0 Å². The van der Waals surface area contributed by atoms with Crippen molar-refractivity contribution in [3.05, 3.63) is 34.4 Å². The number of ketones is 1. The van der Waals surface area contributed by atoms with E-state index < -0.39 is 0 Å². The molecule has 2 nitrogen and oxygen atoms in total. The van der Waals surface area contributed by atoms with Crippen molar-refractivity contribution in [1.29, 1.82) is 0 Å². The lowest BCUT2D eigenvalue weighted by atomic mass is 9.94. The van der Waals surface area contributed by atoms with Crippen molar-refractivity contribution in [2.24, 2.45) is 0 Å². The molecule has 0 bridgehead atoms. The van der Waals surface area contributed by atoms with Gasteiger partial charge in [-0.05, 0) is 62.9 Å². The second-order valence-corrected chi connectivity index (χ2v) is 4.76. The van der Waals surface area contributed by atoms with Crippen LogP contribution >= 0.6 is 0 Å². The fourth-order valence-electron chi connectivity index (χ4n) is 2.32. The number of Topliss-reactive ketones (excluding diaryl/α,β-unsaturated/α-hetero) is 1. The molecule has 2 heteroatoms. The Morgan fingerprint density at radius 3 is 2.50 bits per heavy atom. The van der Waals surface area contributed by atoms with Gasteiger partial charge in [0.15, 0.2) is 5.78 Å². The Hall–Kier alpha value is -1.15. The van der Waals surface area contributed by atoms with Gasteiger partial charge in [0.1, 0.15) is 0 Å². The Balaban J connectivity index is 2.32. The molecule has 1 N–H and O–H groups in total. The van der Waals surface area contributed by atoms with Crippen LogP contribution in [0.1, 0.15) is 39.9 Å². The van der Waals surface area contributed by atoms with Gasteiger partial charge in [-0.15, -0.1) is 0 Å². The average Bonchev–Trinajstić information content (AvgIpc) is 2.75. The highest BCUT2D eigenvalue weighted by Crippen LogP contribution is 2.19. The first-order chi connectivity index (χ1) is 7.59. The van der Waals surface area contributed by atoms with Crippen LogP contribution in [0.2, 0.25) is 0 Å². The van der Waals surface area contributed by atoms with E-state index in [1.807, 2.05) is 13.0 Å². The summed E-state index contributed by atoms with van der Waals surface area (Å²) in [5.74, 6) is 0.262. The van der Waals surface area contributed by atoms with Crippen molar-refractivity contribution in [2.45, 2.75) is 39.7 Å². The third kappa shape index (κ3) is 2.03. The molecule has 1 atom stereocenters. The van der Waals surface area contributed by atoms with Crippen LogP contribution in [0.15, 0.2) is 12.1 Å². The Bertz CT molecular complexity index is 417. The second-order valence-electron chi connectivity index (χ2n) is 4.76. The van der Waals surface area contributed by atoms with E-state index in [1.54, 1.807) is 0 Å². The van der Waals surface area contributed by atoms with Gasteiger partial charge in [-0.3, -0.25) is 4.79 Å². The fourth-order valence-corrected chi connectivity index (χ4v) is 2.32. The number of hydrogen-bond donors (Lipinski definition) is 1. The molecule has 86 valence electrons. The van der Waals surface area contributed by atoms with Crippen molar-refractivity contribution in [3.8, 4) is 0 Å². The molecule has 0 amide bonds. The summed E-state index contributed by atoms with van der Waals surface area (Å²) in [6, 6.07) is 4.19. The lowest BCUT2D eigenvalue weighted by molar-refractivity contribution is 0.0951. The van der Waals surface area contributed by atoms with Crippen LogP contribution in [-0.2, 0) is 0 Å². The molecule has 2 rings (SSSR count). The standard InChI is InChI=1S/C14H19NO/c1-9-7-11(3)12(8-10(9)2)14(16)13-5-4-6-15-13/h7-8,13,15H,4-6H2,1-3H3. The smallest absolute Gasteiger partial charge is 0.180 e. The number of benzene rings is 1. The van der Waals surface area contributed by atoms with Crippen molar-refractivity contribution in [2.75, 3.05) is 6.54 Å². The summed E-state index contributed by atoms with van der Waals surface area (Å²) in [5, 5.41) is 3.27. The van der Waals surface area contributed by atoms with Crippen LogP contribution in [0.4, 0.5) is 0 Å². The average molecular weight is 217 g/mol. The lowest BCUT2D eigenvalue weighted by Crippen LogP contribution is -2.31. The normalized spacial score (nSPS) is 20.1. The zero-order valence-corrected chi connectivity index (χ0v) is 10.3. The maximum Gasteiger partial charge on any atom is 0.180 e. The Morgan fingerprint density at radius 2 is 1.88 bits per heavy atom. The summed E-state index contributed by atoms with van der Waals surface area (Å²) < 4.78 is 0. The van der Waals surface area contributed by atoms with Crippen LogP contribution in [-0.4, -0.2) is 18.4 Å². The van der Waals surface area contributed by atoms with E-state index >= 15 is 0 Å². The maximum atomic E-state index is 12.3. The van der Waals surface area contributed by atoms with Gasteiger partial charge in [-0.2, -0.15) is 0 Å². The van der Waals surface area contributed by atoms with Crippen molar-refractivity contribution in [1.82, 2.24) is 5.32 Å². The molecule has 0 radical (unpaired) electrons. The SMILES string of the molecule is Cc1cc(C)c(C(=O)C2CCCN2)cc1C. The third-order valence-corrected chi connectivity index (χ3v) is 3.48. The minimum absolute atomic E-state index is 0.0424. The van der Waals surface area contributed by atoms with E-state index in [4.69, 9.17) is 0 Å². The number of carbonyl (C=O) groups excluding carboxylic acids is 1. The molecule has 1 aromatic carbocycles. The lowest BCUT2D eigenvalue weighted by Gasteiger charge is -2.13. The third-order valence-electron chi connectivity index (χ3n) is 3.48. The number of aryl methyl sites for hydroxylation is 3. The van der Waals surface area contributed by atoms with Gasteiger partial charge in [0.2, 0.25) is 0 Å². The zero-order chi connectivity index (χ0) is 11.7. The van der Waals surface area contributed by atoms with Gasteiger partial charge in [-0.1, -0.05) is 6.07 Å². The first-order valence-corrected chi connectivity index (χ1v) is 5.95. The van der Waals surface area contributed by atoms with E-state index in [-0.39, 0.29) is 11.8 Å². The van der Waals surface area contributed by atoms with E-state index in [9.17, 15) is 4.79 Å². The summed E-state index contributed by atoms with van der Waals surface area (Å²) in [6.45, 7) is 7.15. The minimum atomic E-state index is 0.0424. The first kappa shape index (κ1) is 11.3. The highest BCUT2D eigenvalue weighted by atomic mass is 16.1. The van der Waals surface area contributed by atoms with Gasteiger partial charge in [0.25, 0.3) is 0 Å². The van der Waals surface area contributed by atoms with Gasteiger partial charge in [0.05, 0.1) is 6.04 Å². The maximum absolute atomic E-state index is 12.3. The van der Waals surface area contributed by atoms with Gasteiger partial charge >= 0.3 is 0 Å². The molecule has 1 aliphatic heterocycles. The summed E-state index contributed by atoms with van der Waals surface area (Å²) in [5.41, 5.74) is 4.45. The van der Waals surface area contributed by atoms with E-state index in [2.05, 4.69) is 25.2 Å². The molecule has 1 heterocycles. The molecule has 1 aliphatic rings. The predicted octanol–water partition coefficient (Wildman–Crippen LogP) is 2.55. The second kappa shape index (κ2) is 4.38. The number of carbonyl (C=O) groups is 1. The highest BCUT2D eigenvalue weighted by Gasteiger charge is 2.24. The topological polar surface area (TPSA) is 29.1 Å². The van der Waals surface area contributed by atoms with Crippen LogP contribution in [0.25, 0.3) is 0 Å². The predicted molar refractivity (Wildman–Crippen MR) is 66.0 cm³/mol. The Kier molecular flexibility index (Phi) is 3.10. The van der Waals surface area contributed by atoms with E-state index in [1.165, 1.54) is 11.1 Å². The minimum Gasteiger partial charge on any atom is -0.307 e. The highest BCUT2D eigenvalue weighted by molar-refractivity contribution is 6.01. The molecular formula is C14H19NO. The van der Waals surface area contributed by atoms with Crippen LogP contribution in [0.5, 0.6) is 0 Å². The van der Waals surface area contributed by atoms with Gasteiger partial charge < -0.3 is 5.32 Å². The molecule has 0 spiro atoms. The molecule has 1 fully saturated rings. The summed E-state index contributed by atoms with van der Waals surface area (Å²) in [4.78, 5) is 12.3. The monoisotopic (exact) mass is 217 g/mol. The number of nitrogens with one attached hydrogen (secondary N) is 1. The summed E-state index contributed by atoms with van der Waals surface area (Å²) in [6.07, 6.45) is 2.09. The van der Waals surface area contributed by atoms with Gasteiger partial charge in [-0.25, -0.2) is 0 Å². The quantitative estimate of drug-likeness (QED) is 0.771. The fraction of sp³-hybridized carbons (Fsp3) is 0.500. The molecule has 0 aromatic heterocycles. The van der Waals surface area contributed by atoms with Crippen LogP contribution in [0.3, 0.4) is 0 Å². The molecule has 0 aliphatic carbocycles.